The maximum atomic E-state index is 12.2. The van der Waals surface area contributed by atoms with Crippen LogP contribution in [-0.2, 0) is 16.0 Å². The van der Waals surface area contributed by atoms with E-state index in [9.17, 15) is 4.79 Å². The second-order valence-corrected chi connectivity index (χ2v) is 6.34. The van der Waals surface area contributed by atoms with Gasteiger partial charge in [-0.1, -0.05) is 0 Å². The molecule has 1 aromatic heterocycles. The van der Waals surface area contributed by atoms with Crippen LogP contribution in [-0.4, -0.2) is 62.1 Å². The molecule has 1 atom stereocenters. The molecule has 20 heavy (non-hydrogen) atoms. The average molecular weight is 296 g/mol. The molecule has 0 aromatic carbocycles. The molecule has 1 unspecified atom stereocenters. The van der Waals surface area contributed by atoms with E-state index in [0.717, 1.165) is 32.5 Å². The van der Waals surface area contributed by atoms with Crippen LogP contribution < -0.4 is 0 Å². The SMILES string of the molecule is CN(C)CCC1CN(C(=O)CCc2ccsc2)CCO1. The lowest BCUT2D eigenvalue weighted by molar-refractivity contribution is -0.139. The van der Waals surface area contributed by atoms with E-state index in [1.165, 1.54) is 5.56 Å². The van der Waals surface area contributed by atoms with Crippen LogP contribution in [0.15, 0.2) is 16.8 Å². The van der Waals surface area contributed by atoms with E-state index < -0.39 is 0 Å². The van der Waals surface area contributed by atoms with E-state index in [-0.39, 0.29) is 12.0 Å². The normalized spacial score (nSPS) is 19.6. The van der Waals surface area contributed by atoms with Gasteiger partial charge in [0, 0.05) is 26.1 Å². The molecule has 0 saturated carbocycles. The first kappa shape index (κ1) is 15.5. The largest absolute Gasteiger partial charge is 0.374 e. The first-order valence-corrected chi connectivity index (χ1v) is 8.14. The van der Waals surface area contributed by atoms with Crippen molar-refractivity contribution in [2.75, 3.05) is 40.3 Å². The summed E-state index contributed by atoms with van der Waals surface area (Å²) >= 11 is 1.69. The average Bonchev–Trinajstić information content (AvgIpc) is 2.96. The van der Waals surface area contributed by atoms with Gasteiger partial charge in [-0.2, -0.15) is 11.3 Å². The Kier molecular flexibility index (Phi) is 6.01. The predicted octanol–water partition coefficient (Wildman–Crippen LogP) is 1.86. The van der Waals surface area contributed by atoms with E-state index >= 15 is 0 Å². The molecule has 1 amide bonds. The minimum atomic E-state index is 0.191. The number of rotatable bonds is 6. The van der Waals surface area contributed by atoms with Gasteiger partial charge >= 0.3 is 0 Å². The Balaban J connectivity index is 1.74. The number of ether oxygens (including phenoxy) is 1. The van der Waals surface area contributed by atoms with Crippen molar-refractivity contribution in [3.8, 4) is 0 Å². The van der Waals surface area contributed by atoms with Crippen molar-refractivity contribution < 1.29 is 9.53 Å². The zero-order chi connectivity index (χ0) is 14.4. The van der Waals surface area contributed by atoms with Crippen LogP contribution in [0.1, 0.15) is 18.4 Å². The Hall–Kier alpha value is -0.910. The van der Waals surface area contributed by atoms with E-state index in [4.69, 9.17) is 4.74 Å². The predicted molar refractivity (Wildman–Crippen MR) is 82.1 cm³/mol. The van der Waals surface area contributed by atoms with Crippen LogP contribution in [0.3, 0.4) is 0 Å². The van der Waals surface area contributed by atoms with Crippen LogP contribution >= 0.6 is 11.3 Å². The molecule has 0 radical (unpaired) electrons. The molecule has 2 rings (SSSR count). The Morgan fingerprint density at radius 1 is 1.55 bits per heavy atom. The third-order valence-corrected chi connectivity index (χ3v) is 4.33. The number of carbonyl (C=O) groups excluding carboxylic acids is 1. The number of aryl methyl sites for hydroxylation is 1. The van der Waals surface area contributed by atoms with E-state index in [0.29, 0.717) is 13.0 Å². The maximum Gasteiger partial charge on any atom is 0.223 e. The highest BCUT2D eigenvalue weighted by Crippen LogP contribution is 2.13. The van der Waals surface area contributed by atoms with E-state index in [2.05, 4.69) is 35.8 Å². The van der Waals surface area contributed by atoms with Gasteiger partial charge in [0.15, 0.2) is 0 Å². The van der Waals surface area contributed by atoms with Crippen molar-refractivity contribution in [3.63, 3.8) is 0 Å². The summed E-state index contributed by atoms with van der Waals surface area (Å²) in [6, 6.07) is 2.09. The minimum Gasteiger partial charge on any atom is -0.374 e. The van der Waals surface area contributed by atoms with Gasteiger partial charge in [-0.15, -0.1) is 0 Å². The molecule has 2 heterocycles. The number of thiophene rings is 1. The molecule has 0 aliphatic carbocycles. The molecule has 0 N–H and O–H groups in total. The van der Waals surface area contributed by atoms with Crippen molar-refractivity contribution >= 4 is 17.2 Å². The molecule has 0 spiro atoms. The monoisotopic (exact) mass is 296 g/mol. The van der Waals surface area contributed by atoms with Gasteiger partial charge in [0.05, 0.1) is 12.7 Å². The number of morpholine rings is 1. The standard InChI is InChI=1S/C15H24N2O2S/c1-16(2)7-5-14-11-17(8-9-19-14)15(18)4-3-13-6-10-20-12-13/h6,10,12,14H,3-5,7-9,11H2,1-2H3. The fourth-order valence-corrected chi connectivity index (χ4v) is 3.07. The molecule has 0 bridgehead atoms. The lowest BCUT2D eigenvalue weighted by Crippen LogP contribution is -2.46. The molecule has 1 fully saturated rings. The van der Waals surface area contributed by atoms with Crippen LogP contribution in [0, 0.1) is 0 Å². The summed E-state index contributed by atoms with van der Waals surface area (Å²) in [4.78, 5) is 16.4. The number of hydrogen-bond acceptors (Lipinski definition) is 4. The van der Waals surface area contributed by atoms with Crippen molar-refractivity contribution in [1.29, 1.82) is 0 Å². The Bertz CT molecular complexity index is 406. The number of carbonyl (C=O) groups is 1. The number of amides is 1. The molecule has 1 aliphatic rings. The third kappa shape index (κ3) is 4.89. The number of hydrogen-bond donors (Lipinski definition) is 0. The molecule has 1 aromatic rings. The van der Waals surface area contributed by atoms with Gasteiger partial charge in [-0.25, -0.2) is 0 Å². The molecule has 112 valence electrons. The molecule has 5 heteroatoms. The Labute approximate surface area is 125 Å². The summed E-state index contributed by atoms with van der Waals surface area (Å²) < 4.78 is 5.74. The van der Waals surface area contributed by atoms with Crippen molar-refractivity contribution in [3.05, 3.63) is 22.4 Å². The Morgan fingerprint density at radius 2 is 2.40 bits per heavy atom. The van der Waals surface area contributed by atoms with Crippen LogP contribution in [0.5, 0.6) is 0 Å². The van der Waals surface area contributed by atoms with Gasteiger partial charge in [-0.05, 0) is 49.3 Å². The van der Waals surface area contributed by atoms with Gasteiger partial charge in [0.2, 0.25) is 5.91 Å². The lowest BCUT2D eigenvalue weighted by atomic mass is 10.1. The summed E-state index contributed by atoms with van der Waals surface area (Å²) in [5.74, 6) is 0.259. The second-order valence-electron chi connectivity index (χ2n) is 5.56. The first-order valence-electron chi connectivity index (χ1n) is 7.20. The fraction of sp³-hybridized carbons (Fsp3) is 0.667. The maximum absolute atomic E-state index is 12.2. The van der Waals surface area contributed by atoms with Crippen molar-refractivity contribution in [2.24, 2.45) is 0 Å². The zero-order valence-corrected chi connectivity index (χ0v) is 13.2. The summed E-state index contributed by atoms with van der Waals surface area (Å²) in [5.41, 5.74) is 1.26. The van der Waals surface area contributed by atoms with Crippen LogP contribution in [0.4, 0.5) is 0 Å². The van der Waals surface area contributed by atoms with Crippen LogP contribution in [0.25, 0.3) is 0 Å². The quantitative estimate of drug-likeness (QED) is 0.803. The molecule has 1 saturated heterocycles. The molecule has 4 nitrogen and oxygen atoms in total. The summed E-state index contributed by atoms with van der Waals surface area (Å²) in [6.45, 7) is 3.15. The smallest absolute Gasteiger partial charge is 0.223 e. The molecule has 1 aliphatic heterocycles. The number of nitrogens with zero attached hydrogens (tertiary/aromatic N) is 2. The second kappa shape index (κ2) is 7.76. The topological polar surface area (TPSA) is 32.8 Å². The minimum absolute atomic E-state index is 0.191. The highest BCUT2D eigenvalue weighted by Gasteiger charge is 2.23. The van der Waals surface area contributed by atoms with E-state index in [1.54, 1.807) is 11.3 Å². The Morgan fingerprint density at radius 3 is 3.10 bits per heavy atom. The third-order valence-electron chi connectivity index (χ3n) is 3.60. The van der Waals surface area contributed by atoms with Gasteiger partial charge in [0.25, 0.3) is 0 Å². The van der Waals surface area contributed by atoms with Gasteiger partial charge in [0.1, 0.15) is 0 Å². The summed E-state index contributed by atoms with van der Waals surface area (Å²) in [7, 11) is 4.12. The fourth-order valence-electron chi connectivity index (χ4n) is 2.37. The molecular weight excluding hydrogens is 272 g/mol. The summed E-state index contributed by atoms with van der Waals surface area (Å²) in [5, 5.41) is 4.18. The van der Waals surface area contributed by atoms with Crippen molar-refractivity contribution in [2.45, 2.75) is 25.4 Å². The van der Waals surface area contributed by atoms with E-state index in [1.807, 2.05) is 4.90 Å². The lowest BCUT2D eigenvalue weighted by Gasteiger charge is -2.33. The van der Waals surface area contributed by atoms with Crippen LogP contribution in [0.2, 0.25) is 0 Å². The van der Waals surface area contributed by atoms with Crippen molar-refractivity contribution in [1.82, 2.24) is 9.80 Å². The zero-order valence-electron chi connectivity index (χ0n) is 12.4. The highest BCUT2D eigenvalue weighted by molar-refractivity contribution is 7.07. The molecular formula is C15H24N2O2S. The first-order chi connectivity index (χ1) is 9.65. The summed E-state index contributed by atoms with van der Waals surface area (Å²) in [6.07, 6.45) is 2.64. The van der Waals surface area contributed by atoms with Gasteiger partial charge < -0.3 is 14.5 Å². The van der Waals surface area contributed by atoms with Gasteiger partial charge in [-0.3, -0.25) is 4.79 Å². The highest BCUT2D eigenvalue weighted by atomic mass is 32.1.